The summed E-state index contributed by atoms with van der Waals surface area (Å²) in [6.07, 6.45) is 1.06. The molecule has 1 aromatic heterocycles. The van der Waals surface area contributed by atoms with Gasteiger partial charge in [-0.25, -0.2) is 17.7 Å². The van der Waals surface area contributed by atoms with Crippen molar-refractivity contribution in [3.8, 4) is 11.3 Å². The predicted octanol–water partition coefficient (Wildman–Crippen LogP) is 3.63. The molecule has 0 fully saturated rings. The first-order valence-electron chi connectivity index (χ1n) is 8.68. The highest BCUT2D eigenvalue weighted by Gasteiger charge is 2.17. The highest BCUT2D eigenvalue weighted by Crippen LogP contribution is 2.26. The van der Waals surface area contributed by atoms with Gasteiger partial charge >= 0.3 is 0 Å². The minimum atomic E-state index is -3.46. The third kappa shape index (κ3) is 4.83. The second-order valence-electron chi connectivity index (χ2n) is 6.38. The smallest absolute Gasteiger partial charge is 0.242 e. The number of aromatic nitrogens is 1. The second-order valence-corrected chi connectivity index (χ2v) is 9.39. The van der Waals surface area contributed by atoms with Crippen molar-refractivity contribution < 1.29 is 13.2 Å². The predicted molar refractivity (Wildman–Crippen MR) is 112 cm³/mol. The SMILES string of the molecule is CN(C)S(=O)(=O)c1ccc(-c2csc(NC(=O)CCc3ccccc3)n2)cc1. The Morgan fingerprint density at radius 2 is 1.75 bits per heavy atom. The van der Waals surface area contributed by atoms with Crippen LogP contribution >= 0.6 is 11.3 Å². The van der Waals surface area contributed by atoms with E-state index in [2.05, 4.69) is 10.3 Å². The van der Waals surface area contributed by atoms with Gasteiger partial charge in [-0.3, -0.25) is 4.79 Å². The van der Waals surface area contributed by atoms with Crippen molar-refractivity contribution >= 4 is 32.4 Å². The zero-order chi connectivity index (χ0) is 20.1. The fraction of sp³-hybridized carbons (Fsp3) is 0.200. The summed E-state index contributed by atoms with van der Waals surface area (Å²) in [6, 6.07) is 16.4. The van der Waals surface area contributed by atoms with Gasteiger partial charge in [0.2, 0.25) is 15.9 Å². The van der Waals surface area contributed by atoms with E-state index < -0.39 is 10.0 Å². The van der Waals surface area contributed by atoms with E-state index in [1.807, 2.05) is 35.7 Å². The van der Waals surface area contributed by atoms with Crippen LogP contribution in [0.3, 0.4) is 0 Å². The number of hydrogen-bond donors (Lipinski definition) is 1. The third-order valence-corrected chi connectivity index (χ3v) is 6.75. The zero-order valence-corrected chi connectivity index (χ0v) is 17.3. The molecule has 1 heterocycles. The topological polar surface area (TPSA) is 79.4 Å². The van der Waals surface area contributed by atoms with Crippen LogP contribution in [-0.4, -0.2) is 37.7 Å². The van der Waals surface area contributed by atoms with Gasteiger partial charge in [-0.05, 0) is 24.1 Å². The van der Waals surface area contributed by atoms with E-state index in [0.29, 0.717) is 23.7 Å². The number of anilines is 1. The van der Waals surface area contributed by atoms with Crippen LogP contribution < -0.4 is 5.32 Å². The fourth-order valence-corrected chi connectivity index (χ4v) is 4.19. The van der Waals surface area contributed by atoms with Crippen molar-refractivity contribution in [1.82, 2.24) is 9.29 Å². The molecule has 0 aliphatic heterocycles. The average Bonchev–Trinajstić information content (AvgIpc) is 3.15. The Labute approximate surface area is 168 Å². The largest absolute Gasteiger partial charge is 0.302 e. The molecule has 0 aliphatic carbocycles. The minimum absolute atomic E-state index is 0.0859. The first-order valence-corrected chi connectivity index (χ1v) is 11.0. The van der Waals surface area contributed by atoms with E-state index >= 15 is 0 Å². The first kappa shape index (κ1) is 20.2. The molecule has 0 aliphatic rings. The molecule has 0 atom stereocenters. The van der Waals surface area contributed by atoms with E-state index in [9.17, 15) is 13.2 Å². The monoisotopic (exact) mass is 415 g/mol. The molecule has 1 N–H and O–H groups in total. The van der Waals surface area contributed by atoms with Crippen molar-refractivity contribution in [2.75, 3.05) is 19.4 Å². The van der Waals surface area contributed by atoms with Crippen molar-refractivity contribution in [2.24, 2.45) is 0 Å². The summed E-state index contributed by atoms with van der Waals surface area (Å²) < 4.78 is 25.4. The molecule has 6 nitrogen and oxygen atoms in total. The maximum absolute atomic E-state index is 12.1. The van der Waals surface area contributed by atoms with Gasteiger partial charge in [0.25, 0.3) is 0 Å². The van der Waals surface area contributed by atoms with Crippen molar-refractivity contribution in [3.63, 3.8) is 0 Å². The number of rotatable bonds is 7. The summed E-state index contributed by atoms with van der Waals surface area (Å²) in [7, 11) is -0.464. The molecule has 3 rings (SSSR count). The van der Waals surface area contributed by atoms with E-state index in [1.54, 1.807) is 24.3 Å². The molecule has 0 unspecified atom stereocenters. The summed E-state index contributed by atoms with van der Waals surface area (Å²) in [5.74, 6) is -0.0859. The molecule has 0 spiro atoms. The van der Waals surface area contributed by atoms with Gasteiger partial charge in [0.15, 0.2) is 5.13 Å². The molecule has 8 heteroatoms. The molecule has 146 valence electrons. The third-order valence-electron chi connectivity index (χ3n) is 4.16. The summed E-state index contributed by atoms with van der Waals surface area (Å²) in [4.78, 5) is 16.8. The Hall–Kier alpha value is -2.55. The minimum Gasteiger partial charge on any atom is -0.302 e. The quantitative estimate of drug-likeness (QED) is 0.639. The van der Waals surface area contributed by atoms with Crippen molar-refractivity contribution in [3.05, 3.63) is 65.5 Å². The molecule has 0 saturated carbocycles. The number of amides is 1. The van der Waals surface area contributed by atoms with Gasteiger partial charge in [0.1, 0.15) is 0 Å². The number of carbonyl (C=O) groups is 1. The van der Waals surface area contributed by atoms with Gasteiger partial charge in [-0.2, -0.15) is 0 Å². The van der Waals surface area contributed by atoms with Crippen LogP contribution in [0.25, 0.3) is 11.3 Å². The Morgan fingerprint density at radius 1 is 1.07 bits per heavy atom. The molecule has 0 saturated heterocycles. The van der Waals surface area contributed by atoms with Crippen LogP contribution in [0.1, 0.15) is 12.0 Å². The molecule has 28 heavy (non-hydrogen) atoms. The van der Waals surface area contributed by atoms with Gasteiger partial charge in [-0.15, -0.1) is 11.3 Å². The molecule has 2 aromatic carbocycles. The second kappa shape index (κ2) is 8.64. The fourth-order valence-electron chi connectivity index (χ4n) is 2.56. The van der Waals surface area contributed by atoms with E-state index in [0.717, 1.165) is 11.1 Å². The van der Waals surface area contributed by atoms with Crippen LogP contribution in [0.4, 0.5) is 5.13 Å². The van der Waals surface area contributed by atoms with Gasteiger partial charge in [0.05, 0.1) is 10.6 Å². The van der Waals surface area contributed by atoms with E-state index in [-0.39, 0.29) is 10.8 Å². The van der Waals surface area contributed by atoms with Crippen LogP contribution in [0, 0.1) is 0 Å². The summed E-state index contributed by atoms with van der Waals surface area (Å²) in [5, 5.41) is 5.18. The lowest BCUT2D eigenvalue weighted by Crippen LogP contribution is -2.22. The zero-order valence-electron chi connectivity index (χ0n) is 15.6. The molecule has 3 aromatic rings. The Morgan fingerprint density at radius 3 is 2.39 bits per heavy atom. The normalized spacial score (nSPS) is 11.5. The molecule has 0 bridgehead atoms. The van der Waals surface area contributed by atoms with Gasteiger partial charge in [-0.1, -0.05) is 42.5 Å². The maximum Gasteiger partial charge on any atom is 0.242 e. The number of thiazole rings is 1. The number of carbonyl (C=O) groups excluding carboxylic acids is 1. The van der Waals surface area contributed by atoms with Crippen LogP contribution in [0.2, 0.25) is 0 Å². The van der Waals surface area contributed by atoms with Gasteiger partial charge in [0, 0.05) is 31.5 Å². The summed E-state index contributed by atoms with van der Waals surface area (Å²) in [6.45, 7) is 0. The average molecular weight is 416 g/mol. The van der Waals surface area contributed by atoms with Crippen LogP contribution in [0.15, 0.2) is 64.9 Å². The number of aryl methyl sites for hydroxylation is 1. The molecular formula is C20H21N3O3S2. The van der Waals surface area contributed by atoms with E-state index in [1.165, 1.54) is 29.7 Å². The Balaban J connectivity index is 1.63. The maximum atomic E-state index is 12.1. The standard InChI is InChI=1S/C20H21N3O3S2/c1-23(2)28(25,26)17-11-9-16(10-12-17)18-14-27-20(21-18)22-19(24)13-8-15-6-4-3-5-7-15/h3-7,9-12,14H,8,13H2,1-2H3,(H,21,22,24). The van der Waals surface area contributed by atoms with Crippen LogP contribution in [-0.2, 0) is 21.2 Å². The Kier molecular flexibility index (Phi) is 6.23. The molecular weight excluding hydrogens is 394 g/mol. The van der Waals surface area contributed by atoms with Crippen LogP contribution in [0.5, 0.6) is 0 Å². The number of nitrogens with zero attached hydrogens (tertiary/aromatic N) is 2. The lowest BCUT2D eigenvalue weighted by atomic mass is 10.1. The summed E-state index contributed by atoms with van der Waals surface area (Å²) in [5.41, 5.74) is 2.60. The van der Waals surface area contributed by atoms with Crippen molar-refractivity contribution in [1.29, 1.82) is 0 Å². The number of benzene rings is 2. The highest BCUT2D eigenvalue weighted by atomic mass is 32.2. The summed E-state index contributed by atoms with van der Waals surface area (Å²) >= 11 is 1.34. The lowest BCUT2D eigenvalue weighted by molar-refractivity contribution is -0.116. The first-order chi connectivity index (χ1) is 13.4. The highest BCUT2D eigenvalue weighted by molar-refractivity contribution is 7.89. The number of sulfonamides is 1. The Bertz CT molecular complexity index is 1040. The molecule has 1 amide bonds. The number of hydrogen-bond acceptors (Lipinski definition) is 5. The van der Waals surface area contributed by atoms with Crippen molar-refractivity contribution in [2.45, 2.75) is 17.7 Å². The number of nitrogens with one attached hydrogen (secondary N) is 1. The van der Waals surface area contributed by atoms with Gasteiger partial charge < -0.3 is 5.32 Å². The van der Waals surface area contributed by atoms with E-state index in [4.69, 9.17) is 0 Å². The molecule has 0 radical (unpaired) electrons. The lowest BCUT2D eigenvalue weighted by Gasteiger charge is -2.11.